The molecule has 0 saturated carbocycles. The van der Waals surface area contributed by atoms with E-state index >= 15 is 0 Å². The monoisotopic (exact) mass is 698 g/mol. The van der Waals surface area contributed by atoms with E-state index < -0.39 is 17.6 Å². The summed E-state index contributed by atoms with van der Waals surface area (Å²) in [6, 6.07) is 29.7. The van der Waals surface area contributed by atoms with Crippen LogP contribution in [0.25, 0.3) is 10.4 Å². The molecule has 242 valence electrons. The van der Waals surface area contributed by atoms with Gasteiger partial charge in [0.25, 0.3) is 5.91 Å². The molecule has 3 N–H and O–H groups in total. The zero-order valence-corrected chi connectivity index (χ0v) is 27.4. The molecule has 0 aromatic heterocycles. The molecule has 0 saturated heterocycles. The van der Waals surface area contributed by atoms with Gasteiger partial charge in [-0.2, -0.15) is 0 Å². The van der Waals surface area contributed by atoms with Crippen LogP contribution >= 0.6 is 15.9 Å². The first-order chi connectivity index (χ1) is 23.0. The molecule has 5 rings (SSSR count). The maximum atomic E-state index is 14.4. The van der Waals surface area contributed by atoms with Crippen molar-refractivity contribution in [2.45, 2.75) is 30.9 Å². The van der Waals surface area contributed by atoms with Crippen molar-refractivity contribution < 1.29 is 24.1 Å². The maximum absolute atomic E-state index is 14.4. The highest BCUT2D eigenvalue weighted by Gasteiger charge is 2.53. The number of nitrogens with one attached hydrogen (secondary N) is 2. The molecule has 0 spiro atoms. The van der Waals surface area contributed by atoms with Crippen LogP contribution in [0.4, 0.5) is 5.69 Å². The quantitative estimate of drug-likeness (QED) is 0.0423. The summed E-state index contributed by atoms with van der Waals surface area (Å²) >= 11 is 3.50. The molecule has 0 bridgehead atoms. The minimum absolute atomic E-state index is 0.0451. The van der Waals surface area contributed by atoms with Gasteiger partial charge in [-0.15, -0.1) is 0 Å². The number of hydrazine groups is 1. The van der Waals surface area contributed by atoms with Crippen LogP contribution < -0.4 is 20.3 Å². The Morgan fingerprint density at radius 3 is 2.47 bits per heavy atom. The van der Waals surface area contributed by atoms with Crippen molar-refractivity contribution in [3.8, 4) is 11.5 Å². The van der Waals surface area contributed by atoms with Gasteiger partial charge in [-0.25, -0.2) is 10.4 Å². The van der Waals surface area contributed by atoms with Gasteiger partial charge in [0.05, 0.1) is 13.7 Å². The van der Waals surface area contributed by atoms with Crippen molar-refractivity contribution >= 4 is 33.4 Å². The summed E-state index contributed by atoms with van der Waals surface area (Å²) < 4.78 is 18.4. The van der Waals surface area contributed by atoms with Crippen LogP contribution in [0.5, 0.6) is 11.5 Å². The number of rotatable bonds is 15. The number of amides is 1. The molecule has 1 aliphatic heterocycles. The van der Waals surface area contributed by atoms with Gasteiger partial charge >= 0.3 is 0 Å². The Labute approximate surface area is 281 Å². The second kappa shape index (κ2) is 16.1. The normalized spacial score (nSPS) is 16.8. The zero-order chi connectivity index (χ0) is 33.1. The number of benzene rings is 4. The number of halogens is 1. The molecule has 0 radical (unpaired) electrons. The molecule has 2 atom stereocenters. The highest BCUT2D eigenvalue weighted by molar-refractivity contribution is 9.10. The number of methoxy groups -OCH3 is 1. The lowest BCUT2D eigenvalue weighted by molar-refractivity contribution is -0.130. The van der Waals surface area contributed by atoms with Crippen molar-refractivity contribution in [1.29, 1.82) is 0 Å². The van der Waals surface area contributed by atoms with E-state index in [1.54, 1.807) is 31.4 Å². The summed E-state index contributed by atoms with van der Waals surface area (Å²) in [5, 5.41) is 13.0. The second-order valence-corrected chi connectivity index (χ2v) is 11.7. The molecule has 4 aromatic rings. The van der Waals surface area contributed by atoms with Crippen LogP contribution in [-0.4, -0.2) is 49.3 Å². The smallest absolute Gasteiger partial charge is 0.266 e. The third kappa shape index (κ3) is 8.30. The van der Waals surface area contributed by atoms with Gasteiger partial charge < -0.3 is 19.3 Å². The first kappa shape index (κ1) is 33.5. The molecule has 0 aliphatic carbocycles. The number of aliphatic imine (C=N–C) groups is 1. The Morgan fingerprint density at radius 2 is 1.77 bits per heavy atom. The number of ether oxygens (including phenoxy) is 3. The first-order valence-corrected chi connectivity index (χ1v) is 15.9. The summed E-state index contributed by atoms with van der Waals surface area (Å²) in [6.07, 6.45) is 0.440. The van der Waals surface area contributed by atoms with Crippen molar-refractivity contribution in [1.82, 2.24) is 10.9 Å². The summed E-state index contributed by atoms with van der Waals surface area (Å²) in [7, 11) is 1.62. The molecule has 0 unspecified atom stereocenters. The van der Waals surface area contributed by atoms with Gasteiger partial charge in [0, 0.05) is 46.6 Å². The van der Waals surface area contributed by atoms with Crippen LogP contribution in [0.2, 0.25) is 0 Å². The lowest BCUT2D eigenvalue weighted by Gasteiger charge is -2.31. The van der Waals surface area contributed by atoms with E-state index in [1.165, 1.54) is 0 Å². The summed E-state index contributed by atoms with van der Waals surface area (Å²) in [5.74, 6) is 1.29. The van der Waals surface area contributed by atoms with Gasteiger partial charge in [0.15, 0.2) is 11.6 Å². The SMILES string of the molecule is COc1ccc(CCNNC(=O)[C@@]2(Cc3ccccc3N=[N+]=[N-])N=C(c3ccc(OCCCO)cc3)O[C@H]2c2ccc(Br)cc2)cc1. The molecule has 11 nitrogen and oxygen atoms in total. The first-order valence-electron chi connectivity index (χ1n) is 15.1. The van der Waals surface area contributed by atoms with Gasteiger partial charge in [-0.05, 0) is 77.2 Å². The number of hydrogen-bond donors (Lipinski definition) is 3. The van der Waals surface area contributed by atoms with Crippen molar-refractivity contribution in [2.75, 3.05) is 26.9 Å². The van der Waals surface area contributed by atoms with Crippen LogP contribution in [0.3, 0.4) is 0 Å². The third-order valence-corrected chi connectivity index (χ3v) is 8.24. The molecule has 1 heterocycles. The van der Waals surface area contributed by atoms with Crippen LogP contribution in [0, 0.1) is 0 Å². The highest BCUT2D eigenvalue weighted by atomic mass is 79.9. The molecule has 1 aliphatic rings. The van der Waals surface area contributed by atoms with Crippen molar-refractivity contribution in [3.63, 3.8) is 0 Å². The molecule has 4 aromatic carbocycles. The maximum Gasteiger partial charge on any atom is 0.266 e. The minimum Gasteiger partial charge on any atom is -0.497 e. The number of aliphatic hydroxyl groups excluding tert-OH is 1. The summed E-state index contributed by atoms with van der Waals surface area (Å²) in [6.45, 7) is 0.892. The molecule has 0 fully saturated rings. The Hall–Kier alpha value is -4.87. The number of carbonyl (C=O) groups is 1. The average Bonchev–Trinajstić information content (AvgIpc) is 3.49. The van der Waals surface area contributed by atoms with Crippen LogP contribution in [-0.2, 0) is 22.4 Å². The van der Waals surface area contributed by atoms with E-state index in [0.717, 1.165) is 21.3 Å². The Balaban J connectivity index is 1.49. The molecular formula is C35H35BrN6O5. The molecule has 1 amide bonds. The predicted octanol–water partition coefficient (Wildman–Crippen LogP) is 6.52. The van der Waals surface area contributed by atoms with Gasteiger partial charge in [-0.3, -0.25) is 10.2 Å². The van der Waals surface area contributed by atoms with Gasteiger partial charge in [0.2, 0.25) is 5.90 Å². The highest BCUT2D eigenvalue weighted by Crippen LogP contribution is 2.44. The van der Waals surface area contributed by atoms with Crippen molar-refractivity contribution in [3.05, 3.63) is 134 Å². The fourth-order valence-corrected chi connectivity index (χ4v) is 5.53. The van der Waals surface area contributed by atoms with E-state index in [0.29, 0.717) is 48.6 Å². The van der Waals surface area contributed by atoms with Crippen LogP contribution in [0.15, 0.2) is 112 Å². The zero-order valence-electron chi connectivity index (χ0n) is 25.8. The largest absolute Gasteiger partial charge is 0.497 e. The Bertz CT molecular complexity index is 1730. The average molecular weight is 700 g/mol. The van der Waals surface area contributed by atoms with E-state index in [1.807, 2.05) is 72.8 Å². The minimum atomic E-state index is -1.49. The number of nitrogens with zero attached hydrogens (tertiary/aromatic N) is 4. The van der Waals surface area contributed by atoms with E-state index in [9.17, 15) is 10.3 Å². The molecule has 12 heteroatoms. The number of carbonyl (C=O) groups excluding carboxylic acids is 1. The van der Waals surface area contributed by atoms with Gasteiger partial charge in [-0.1, -0.05) is 69.6 Å². The van der Waals surface area contributed by atoms with Gasteiger partial charge in [0.1, 0.15) is 11.5 Å². The fourth-order valence-electron chi connectivity index (χ4n) is 5.27. The third-order valence-electron chi connectivity index (χ3n) is 7.71. The fraction of sp³-hybridized carbons (Fsp3) is 0.257. The standard InChI is InChI=1S/C35H35BrN6O5/c1-45-29-15-7-24(8-16-29)19-20-38-41-34(44)35(23-27-5-2-3-6-31(27)40-42-37)32(25-9-13-28(36)14-10-25)47-33(39-35)26-11-17-30(18-12-26)46-22-4-21-43/h2-3,5-18,32,38,43H,4,19-23H2,1H3,(H,41,44)/t32-,35-/m0/s1. The molecule has 47 heavy (non-hydrogen) atoms. The topological polar surface area (TPSA) is 150 Å². The Morgan fingerprint density at radius 1 is 1.04 bits per heavy atom. The number of hydrogen-bond acceptors (Lipinski definition) is 8. The number of aliphatic hydroxyl groups is 1. The lowest BCUT2D eigenvalue weighted by Crippen LogP contribution is -2.54. The number of azide groups is 1. The summed E-state index contributed by atoms with van der Waals surface area (Å²) in [5.41, 5.74) is 17.3. The second-order valence-electron chi connectivity index (χ2n) is 10.8. The lowest BCUT2D eigenvalue weighted by atomic mass is 9.81. The van der Waals surface area contributed by atoms with E-state index in [-0.39, 0.29) is 18.9 Å². The van der Waals surface area contributed by atoms with Crippen molar-refractivity contribution in [2.24, 2.45) is 10.1 Å². The molecular weight excluding hydrogens is 664 g/mol. The Kier molecular flexibility index (Phi) is 11.5. The van der Waals surface area contributed by atoms with E-state index in [4.69, 9.17) is 24.3 Å². The predicted molar refractivity (Wildman–Crippen MR) is 183 cm³/mol. The van der Waals surface area contributed by atoms with E-state index in [2.05, 4.69) is 36.8 Å². The summed E-state index contributed by atoms with van der Waals surface area (Å²) in [4.78, 5) is 22.5. The van der Waals surface area contributed by atoms with Crippen LogP contribution in [0.1, 0.15) is 34.8 Å².